The molecule has 1 saturated heterocycles. The van der Waals surface area contributed by atoms with Crippen molar-refractivity contribution < 1.29 is 19.1 Å². The second-order valence-corrected chi connectivity index (χ2v) is 9.11. The zero-order valence-electron chi connectivity index (χ0n) is 22.0. The summed E-state index contributed by atoms with van der Waals surface area (Å²) < 4.78 is 11.5. The number of carbonyl (C=O) groups excluding carboxylic acids is 2. The molecular formula is C30H31N5O4. The molecule has 0 bridgehead atoms. The molecule has 1 fully saturated rings. The van der Waals surface area contributed by atoms with Gasteiger partial charge >= 0.3 is 0 Å². The number of hydrogen-bond donors (Lipinski definition) is 1. The standard InChI is InChI=1S/C30H31N5O4/c1-3-38-28(39-4-2)21-35-27(17-26(36)25-7-5-24(20-31)6-8-25)34-30(29(35)37,18-22-9-13-32-14-10-22)19-23-11-15-33-16-12-23/h5-17,28,34H,3-4,18-19,21H2,1-2H3/b27-17+. The fraction of sp³-hybridized carbons (Fsp3) is 0.300. The number of hydrogen-bond acceptors (Lipinski definition) is 8. The van der Waals surface area contributed by atoms with Gasteiger partial charge in [-0.25, -0.2) is 0 Å². The molecule has 0 radical (unpaired) electrons. The molecule has 0 saturated carbocycles. The van der Waals surface area contributed by atoms with E-state index in [9.17, 15) is 9.59 Å². The summed E-state index contributed by atoms with van der Waals surface area (Å²) in [4.78, 5) is 37.4. The molecule has 3 heterocycles. The first-order chi connectivity index (χ1) is 19.0. The molecule has 3 aromatic rings. The van der Waals surface area contributed by atoms with Crippen LogP contribution in [0.4, 0.5) is 0 Å². The van der Waals surface area contributed by atoms with Crippen molar-refractivity contribution in [2.45, 2.75) is 38.5 Å². The number of rotatable bonds is 12. The first kappa shape index (κ1) is 27.6. The Hall–Kier alpha value is -4.39. The van der Waals surface area contributed by atoms with E-state index in [1.165, 1.54) is 6.08 Å². The topological polar surface area (TPSA) is 117 Å². The third-order valence-electron chi connectivity index (χ3n) is 6.43. The predicted octanol–water partition coefficient (Wildman–Crippen LogP) is 3.43. The number of ether oxygens (including phenoxy) is 2. The number of ketones is 1. The lowest BCUT2D eigenvalue weighted by Gasteiger charge is -2.28. The van der Waals surface area contributed by atoms with Gasteiger partial charge in [0.05, 0.1) is 18.2 Å². The number of pyridine rings is 2. The lowest BCUT2D eigenvalue weighted by Crippen LogP contribution is -2.51. The van der Waals surface area contributed by atoms with Crippen molar-refractivity contribution in [2.75, 3.05) is 19.8 Å². The van der Waals surface area contributed by atoms with Gasteiger partial charge in [-0.1, -0.05) is 0 Å². The number of aromatic nitrogens is 2. The molecule has 4 rings (SSSR count). The normalized spacial score (nSPS) is 15.4. The maximum Gasteiger partial charge on any atom is 0.254 e. The van der Waals surface area contributed by atoms with Gasteiger partial charge in [0.1, 0.15) is 11.4 Å². The van der Waals surface area contributed by atoms with Gasteiger partial charge in [0.25, 0.3) is 5.91 Å². The zero-order chi connectivity index (χ0) is 27.7. The van der Waals surface area contributed by atoms with Gasteiger partial charge in [0, 0.05) is 62.5 Å². The Morgan fingerprint density at radius 1 is 0.974 bits per heavy atom. The Labute approximate surface area is 228 Å². The van der Waals surface area contributed by atoms with Crippen LogP contribution in [0.2, 0.25) is 0 Å². The van der Waals surface area contributed by atoms with Gasteiger partial charge in [-0.3, -0.25) is 24.5 Å². The van der Waals surface area contributed by atoms with Gasteiger partial charge in [-0.2, -0.15) is 5.26 Å². The van der Waals surface area contributed by atoms with E-state index in [1.807, 2.05) is 38.1 Å². The van der Waals surface area contributed by atoms with Crippen LogP contribution in [-0.4, -0.2) is 58.1 Å². The molecule has 39 heavy (non-hydrogen) atoms. The minimum Gasteiger partial charge on any atom is -0.357 e. The minimum atomic E-state index is -1.08. The summed E-state index contributed by atoms with van der Waals surface area (Å²) >= 11 is 0. The van der Waals surface area contributed by atoms with Crippen molar-refractivity contribution in [3.63, 3.8) is 0 Å². The molecule has 1 amide bonds. The molecule has 0 unspecified atom stereocenters. The lowest BCUT2D eigenvalue weighted by atomic mass is 9.85. The second kappa shape index (κ2) is 12.9. The highest BCUT2D eigenvalue weighted by atomic mass is 16.7. The van der Waals surface area contributed by atoms with Crippen LogP contribution >= 0.6 is 0 Å². The molecule has 0 atom stereocenters. The van der Waals surface area contributed by atoms with Crippen LogP contribution in [0.1, 0.15) is 40.9 Å². The van der Waals surface area contributed by atoms with Crippen LogP contribution in [0.25, 0.3) is 0 Å². The van der Waals surface area contributed by atoms with Crippen LogP contribution in [0.3, 0.4) is 0 Å². The summed E-state index contributed by atoms with van der Waals surface area (Å²) in [6, 6.07) is 15.9. The number of nitrogens with zero attached hydrogens (tertiary/aromatic N) is 4. The average Bonchev–Trinajstić information content (AvgIpc) is 3.19. The smallest absolute Gasteiger partial charge is 0.254 e. The SMILES string of the molecule is CCOC(CN1C(=O)C(Cc2ccncc2)(Cc2ccncc2)N/C1=C\C(=O)c1ccc(C#N)cc1)OCC. The van der Waals surface area contributed by atoms with Crippen LogP contribution in [0.5, 0.6) is 0 Å². The number of nitrogens with one attached hydrogen (secondary N) is 1. The Kier molecular flexibility index (Phi) is 9.15. The molecule has 0 spiro atoms. The van der Waals surface area contributed by atoms with E-state index in [1.54, 1.807) is 54.0 Å². The largest absolute Gasteiger partial charge is 0.357 e. The molecule has 1 aromatic carbocycles. The average molecular weight is 526 g/mol. The molecule has 200 valence electrons. The molecule has 1 aliphatic rings. The lowest BCUT2D eigenvalue weighted by molar-refractivity contribution is -0.155. The monoisotopic (exact) mass is 525 g/mol. The highest BCUT2D eigenvalue weighted by Gasteiger charge is 2.49. The van der Waals surface area contributed by atoms with Gasteiger partial charge in [0.15, 0.2) is 12.1 Å². The third-order valence-corrected chi connectivity index (χ3v) is 6.43. The number of nitriles is 1. The first-order valence-corrected chi connectivity index (χ1v) is 12.9. The minimum absolute atomic E-state index is 0.106. The van der Waals surface area contributed by atoms with Crippen LogP contribution in [0, 0.1) is 11.3 Å². The maximum atomic E-state index is 14.3. The molecule has 0 aliphatic carbocycles. The highest BCUT2D eigenvalue weighted by Crippen LogP contribution is 2.31. The molecular weight excluding hydrogens is 494 g/mol. The van der Waals surface area contributed by atoms with Crippen LogP contribution in [0.15, 0.2) is 85.2 Å². The summed E-state index contributed by atoms with van der Waals surface area (Å²) in [5.74, 6) is -0.130. The van der Waals surface area contributed by atoms with Crippen molar-refractivity contribution in [2.24, 2.45) is 0 Å². The fourth-order valence-corrected chi connectivity index (χ4v) is 4.62. The number of allylic oxidation sites excluding steroid dienone is 1. The van der Waals surface area contributed by atoms with Gasteiger partial charge in [-0.15, -0.1) is 0 Å². The molecule has 9 nitrogen and oxygen atoms in total. The van der Waals surface area contributed by atoms with Crippen LogP contribution in [-0.2, 0) is 27.1 Å². The molecule has 1 aliphatic heterocycles. The summed E-state index contributed by atoms with van der Waals surface area (Å²) in [5, 5.41) is 12.5. The number of benzene rings is 1. The zero-order valence-corrected chi connectivity index (χ0v) is 22.0. The van der Waals surface area contributed by atoms with Gasteiger partial charge in [0.2, 0.25) is 0 Å². The summed E-state index contributed by atoms with van der Waals surface area (Å²) in [6.07, 6.45) is 8.26. The first-order valence-electron chi connectivity index (χ1n) is 12.9. The Bertz CT molecular complexity index is 1290. The number of carbonyl (C=O) groups is 2. The quantitative estimate of drug-likeness (QED) is 0.217. The summed E-state index contributed by atoms with van der Waals surface area (Å²) in [7, 11) is 0. The Morgan fingerprint density at radius 2 is 1.51 bits per heavy atom. The number of amides is 1. The predicted molar refractivity (Wildman–Crippen MR) is 144 cm³/mol. The van der Waals surface area contributed by atoms with E-state index in [0.29, 0.717) is 43.0 Å². The van der Waals surface area contributed by atoms with Crippen molar-refractivity contribution >= 4 is 11.7 Å². The van der Waals surface area contributed by atoms with E-state index in [4.69, 9.17) is 14.7 Å². The van der Waals surface area contributed by atoms with E-state index < -0.39 is 11.8 Å². The van der Waals surface area contributed by atoms with Crippen molar-refractivity contribution in [3.8, 4) is 6.07 Å². The fourth-order valence-electron chi connectivity index (χ4n) is 4.62. The van der Waals surface area contributed by atoms with E-state index in [-0.39, 0.29) is 18.2 Å². The van der Waals surface area contributed by atoms with Crippen molar-refractivity contribution in [1.82, 2.24) is 20.2 Å². The molecule has 1 N–H and O–H groups in total. The van der Waals surface area contributed by atoms with Gasteiger partial charge in [-0.05, 0) is 73.5 Å². The van der Waals surface area contributed by atoms with Crippen molar-refractivity contribution in [1.29, 1.82) is 5.26 Å². The summed E-state index contributed by atoms with van der Waals surface area (Å²) in [6.45, 7) is 4.64. The van der Waals surface area contributed by atoms with E-state index in [2.05, 4.69) is 21.4 Å². The maximum absolute atomic E-state index is 14.3. The van der Waals surface area contributed by atoms with E-state index >= 15 is 0 Å². The second-order valence-electron chi connectivity index (χ2n) is 9.11. The van der Waals surface area contributed by atoms with Crippen LogP contribution < -0.4 is 5.32 Å². The third kappa shape index (κ3) is 6.74. The Morgan fingerprint density at radius 3 is 2.00 bits per heavy atom. The summed E-state index contributed by atoms with van der Waals surface area (Å²) in [5.41, 5.74) is 1.63. The molecule has 2 aromatic heterocycles. The van der Waals surface area contributed by atoms with E-state index in [0.717, 1.165) is 11.1 Å². The molecule has 9 heteroatoms. The Balaban J connectivity index is 1.76. The van der Waals surface area contributed by atoms with Gasteiger partial charge < -0.3 is 14.8 Å². The van der Waals surface area contributed by atoms with Crippen molar-refractivity contribution in [3.05, 3.63) is 107 Å². The highest BCUT2D eigenvalue weighted by molar-refractivity contribution is 6.06.